The maximum Gasteiger partial charge on any atom is 0.472 e. The minimum atomic E-state index is -4.35. The van der Waals surface area contributed by atoms with Gasteiger partial charge in [-0.15, -0.1) is 0 Å². The second kappa shape index (κ2) is 14.5. The normalized spacial score (nSPS) is 14.5. The van der Waals surface area contributed by atoms with Crippen molar-refractivity contribution in [2.45, 2.75) is 51.6 Å². The molecule has 32 heavy (non-hydrogen) atoms. The number of carboxylic acid groups (broad SMARTS) is 1. The van der Waals surface area contributed by atoms with Crippen LogP contribution < -0.4 is 9.47 Å². The van der Waals surface area contributed by atoms with E-state index in [-0.39, 0.29) is 19.6 Å². The van der Waals surface area contributed by atoms with Crippen LogP contribution in [0.1, 0.15) is 45.4 Å². The molecule has 0 saturated carbocycles. The number of rotatable bonds is 18. The molecule has 0 spiro atoms. The molecule has 0 aliphatic heterocycles. The van der Waals surface area contributed by atoms with Gasteiger partial charge in [0, 0.05) is 6.07 Å². The van der Waals surface area contributed by atoms with Gasteiger partial charge < -0.3 is 24.0 Å². The average molecular weight is 477 g/mol. The Labute approximate surface area is 191 Å². The van der Waals surface area contributed by atoms with Gasteiger partial charge in [-0.1, -0.05) is 25.8 Å². The number of phosphoric ester groups is 1. The van der Waals surface area contributed by atoms with Gasteiger partial charge in [-0.25, -0.2) is 4.57 Å². The smallest absolute Gasteiger partial charge is 0.472 e. The molecule has 0 aliphatic carbocycles. The van der Waals surface area contributed by atoms with Crippen LogP contribution in [0.15, 0.2) is 24.3 Å². The number of benzene rings is 1. The van der Waals surface area contributed by atoms with Crippen LogP contribution >= 0.6 is 7.82 Å². The number of carbonyl (C=O) groups is 1. The lowest BCUT2D eigenvalue weighted by Gasteiger charge is -2.29. The van der Waals surface area contributed by atoms with Gasteiger partial charge in [0.2, 0.25) is 0 Å². The minimum absolute atomic E-state index is 0.00187. The van der Waals surface area contributed by atoms with Gasteiger partial charge in [-0.05, 0) is 31.4 Å². The third-order valence-electron chi connectivity index (χ3n) is 4.32. The summed E-state index contributed by atoms with van der Waals surface area (Å²) in [6.07, 6.45) is 3.10. The fourth-order valence-corrected chi connectivity index (χ4v) is 3.87. The number of likely N-dealkylation sites (N-methyl/N-ethyl adjacent to an activating group) is 1. The zero-order chi connectivity index (χ0) is 24.0. The molecule has 0 radical (unpaired) electrons. The van der Waals surface area contributed by atoms with Crippen molar-refractivity contribution >= 4 is 13.8 Å². The lowest BCUT2D eigenvalue weighted by molar-refractivity contribution is -0.873. The lowest BCUT2D eigenvalue weighted by atomic mass is 10.2. The van der Waals surface area contributed by atoms with Crippen LogP contribution in [-0.2, 0) is 18.4 Å². The van der Waals surface area contributed by atoms with Gasteiger partial charge in [0.25, 0.3) is 0 Å². The molecule has 0 aliphatic rings. The zero-order valence-electron chi connectivity index (χ0n) is 19.7. The van der Waals surface area contributed by atoms with E-state index in [4.69, 9.17) is 23.6 Å². The molecule has 0 bridgehead atoms. The molecule has 1 aromatic rings. The molecule has 0 saturated heterocycles. The topological polar surface area (TPSA) is 112 Å². The van der Waals surface area contributed by atoms with Crippen LogP contribution in [0.2, 0.25) is 0 Å². The van der Waals surface area contributed by atoms with Crippen LogP contribution in [0.5, 0.6) is 11.5 Å². The lowest BCUT2D eigenvalue weighted by Crippen LogP contribution is -2.42. The van der Waals surface area contributed by atoms with Crippen LogP contribution in [0.25, 0.3) is 0 Å². The van der Waals surface area contributed by atoms with E-state index < -0.39 is 19.9 Å². The Hall–Kier alpha value is -1.64. The number of aliphatic carboxylic acids is 1. The number of ether oxygens (including phenoxy) is 2. The summed E-state index contributed by atoms with van der Waals surface area (Å²) in [5.74, 6) is 0.369. The summed E-state index contributed by atoms with van der Waals surface area (Å²) < 4.78 is 34.1. The first-order valence-electron chi connectivity index (χ1n) is 11.0. The summed E-state index contributed by atoms with van der Waals surface area (Å²) in [5, 5.41) is 9.01. The number of hydrogen-bond acceptors (Lipinski definition) is 6. The number of quaternary nitrogens is 1. The second-order valence-corrected chi connectivity index (χ2v) is 10.1. The van der Waals surface area contributed by atoms with Crippen molar-refractivity contribution in [3.05, 3.63) is 24.3 Å². The Kier molecular flexibility index (Phi) is 12.9. The van der Waals surface area contributed by atoms with Crippen LogP contribution in [-0.4, -0.2) is 74.1 Å². The number of phosphoric acid groups is 1. The van der Waals surface area contributed by atoms with Crippen molar-refractivity contribution in [3.63, 3.8) is 0 Å². The highest BCUT2D eigenvalue weighted by Crippen LogP contribution is 2.45. The summed E-state index contributed by atoms with van der Waals surface area (Å²) in [7, 11) is 1.18. The van der Waals surface area contributed by atoms with Gasteiger partial charge in [0.05, 0.1) is 47.4 Å². The summed E-state index contributed by atoms with van der Waals surface area (Å²) in [6, 6.07) is 7.45. The molecule has 1 aromatic carbocycles. The highest BCUT2D eigenvalue weighted by Gasteiger charge is 2.31. The summed E-state index contributed by atoms with van der Waals surface area (Å²) >= 11 is 0. The third kappa shape index (κ3) is 14.4. The number of hydrogen-bond donors (Lipinski definition) is 2. The first-order chi connectivity index (χ1) is 15.0. The van der Waals surface area contributed by atoms with Crippen molar-refractivity contribution in [1.29, 1.82) is 0 Å². The highest BCUT2D eigenvalue weighted by molar-refractivity contribution is 7.47. The van der Waals surface area contributed by atoms with Crippen molar-refractivity contribution in [2.75, 3.05) is 47.5 Å². The molecule has 9 nitrogen and oxygen atoms in total. The number of unbranched alkanes of at least 4 members (excludes halogenated alkanes) is 3. The van der Waals surface area contributed by atoms with E-state index in [2.05, 4.69) is 6.92 Å². The Balaban J connectivity index is 2.32. The number of nitrogens with zero attached hydrogens (tertiary/aromatic N) is 1. The number of carboxylic acids is 1. The molecular weight excluding hydrogens is 437 g/mol. The maximum absolute atomic E-state index is 12.2. The van der Waals surface area contributed by atoms with Crippen molar-refractivity contribution in [1.82, 2.24) is 0 Å². The van der Waals surface area contributed by atoms with Crippen LogP contribution in [0.4, 0.5) is 0 Å². The van der Waals surface area contributed by atoms with Crippen molar-refractivity contribution < 1.29 is 42.4 Å². The van der Waals surface area contributed by atoms with Crippen molar-refractivity contribution in [2.24, 2.45) is 0 Å². The fourth-order valence-electron chi connectivity index (χ4n) is 2.93. The van der Waals surface area contributed by atoms with Gasteiger partial charge in [-0.3, -0.25) is 13.8 Å². The Bertz CT molecular complexity index is 722. The molecule has 184 valence electrons. The molecule has 0 heterocycles. The SMILES string of the molecule is CCCCCOc1cccc(OCCCCOP(=O)(O)O[C@H](CC(=O)O)C[N+](C)(C)C)c1. The molecule has 0 amide bonds. The first-order valence-corrected chi connectivity index (χ1v) is 12.5. The summed E-state index contributed by atoms with van der Waals surface area (Å²) in [4.78, 5) is 20.9. The van der Waals surface area contributed by atoms with E-state index in [0.717, 1.165) is 25.0 Å². The average Bonchev–Trinajstić information content (AvgIpc) is 2.66. The van der Waals surface area contributed by atoms with Crippen LogP contribution in [0.3, 0.4) is 0 Å². The third-order valence-corrected chi connectivity index (χ3v) is 5.39. The maximum atomic E-state index is 12.2. The van der Waals surface area contributed by atoms with E-state index in [0.29, 0.717) is 36.3 Å². The fraction of sp³-hybridized carbons (Fsp3) is 0.682. The largest absolute Gasteiger partial charge is 0.493 e. The summed E-state index contributed by atoms with van der Waals surface area (Å²) in [6.45, 7) is 3.51. The van der Waals surface area contributed by atoms with E-state index in [9.17, 15) is 14.3 Å². The second-order valence-electron chi connectivity index (χ2n) is 8.69. The highest BCUT2D eigenvalue weighted by atomic mass is 31.2. The van der Waals surface area contributed by atoms with Crippen LogP contribution in [0, 0.1) is 0 Å². The molecular formula is C22H39NO8P+. The predicted molar refractivity (Wildman–Crippen MR) is 122 cm³/mol. The quantitative estimate of drug-likeness (QED) is 0.185. The first kappa shape index (κ1) is 28.4. The van der Waals surface area contributed by atoms with E-state index in [1.54, 1.807) is 0 Å². The molecule has 0 fully saturated rings. The minimum Gasteiger partial charge on any atom is -0.493 e. The standard InChI is InChI=1S/C22H38NO8P/c1-5-6-7-13-28-19-11-10-12-20(16-19)29-14-8-9-15-30-32(26,27)31-21(17-22(24)25)18-23(2,3)4/h10-12,16,21H,5-9,13-15,17-18H2,1-4H3,(H-,24,25,26,27)/p+1/t21-/m1/s1. The molecule has 1 unspecified atom stereocenters. The molecule has 2 N–H and O–H groups in total. The predicted octanol–water partition coefficient (Wildman–Crippen LogP) is 4.10. The summed E-state index contributed by atoms with van der Waals surface area (Å²) in [5.41, 5.74) is 0. The molecule has 10 heteroatoms. The Morgan fingerprint density at radius 2 is 1.59 bits per heavy atom. The molecule has 1 rings (SSSR count). The van der Waals surface area contributed by atoms with Gasteiger partial charge in [0.15, 0.2) is 0 Å². The van der Waals surface area contributed by atoms with E-state index in [1.807, 2.05) is 45.4 Å². The Morgan fingerprint density at radius 3 is 2.12 bits per heavy atom. The van der Waals surface area contributed by atoms with Crippen molar-refractivity contribution in [3.8, 4) is 11.5 Å². The molecule has 0 aromatic heterocycles. The van der Waals surface area contributed by atoms with Gasteiger partial charge in [0.1, 0.15) is 24.1 Å². The van der Waals surface area contributed by atoms with Gasteiger partial charge >= 0.3 is 13.8 Å². The Morgan fingerprint density at radius 1 is 1.03 bits per heavy atom. The van der Waals surface area contributed by atoms with E-state index >= 15 is 0 Å². The zero-order valence-corrected chi connectivity index (χ0v) is 20.6. The van der Waals surface area contributed by atoms with E-state index in [1.165, 1.54) is 0 Å². The van der Waals surface area contributed by atoms with Gasteiger partial charge in [-0.2, -0.15) is 0 Å². The monoisotopic (exact) mass is 476 g/mol. The molecule has 2 atom stereocenters.